The maximum Gasteiger partial charge on any atom is 0.346 e. The van der Waals surface area contributed by atoms with Gasteiger partial charge in [0, 0.05) is 23.3 Å². The first-order chi connectivity index (χ1) is 16.8. The summed E-state index contributed by atoms with van der Waals surface area (Å²) >= 11 is 0. The van der Waals surface area contributed by atoms with Crippen LogP contribution in [0.1, 0.15) is 26.3 Å². The summed E-state index contributed by atoms with van der Waals surface area (Å²) in [5, 5.41) is 11.1. The van der Waals surface area contributed by atoms with Crippen LogP contribution in [0.2, 0.25) is 0 Å². The molecule has 0 radical (unpaired) electrons. The minimum Gasteiger partial charge on any atom is -0.453 e. The molecule has 0 bridgehead atoms. The number of nitro benzene ring substituents is 1. The SMILES string of the molecule is O=C(OCC(=O)c1ccccc1)C(=Cc1cccc([N+](=O)[O-])c1)C(=O)OCC(=O)c1ccccc1. The molecule has 0 saturated heterocycles. The lowest BCUT2D eigenvalue weighted by Crippen LogP contribution is -2.23. The smallest absolute Gasteiger partial charge is 0.346 e. The van der Waals surface area contributed by atoms with E-state index in [1.165, 1.54) is 18.2 Å². The fraction of sp³-hybridized carbons (Fsp3) is 0.0769. The van der Waals surface area contributed by atoms with Crippen LogP contribution in [-0.4, -0.2) is 41.6 Å². The summed E-state index contributed by atoms with van der Waals surface area (Å²) in [7, 11) is 0. The van der Waals surface area contributed by atoms with Gasteiger partial charge in [0.1, 0.15) is 5.57 Å². The lowest BCUT2D eigenvalue weighted by molar-refractivity contribution is -0.384. The summed E-state index contributed by atoms with van der Waals surface area (Å²) in [6.45, 7) is -1.29. The number of hydrogen-bond acceptors (Lipinski definition) is 8. The number of ketones is 2. The average molecular weight is 473 g/mol. The molecule has 3 aromatic rings. The van der Waals surface area contributed by atoms with Gasteiger partial charge in [0.2, 0.25) is 0 Å². The van der Waals surface area contributed by atoms with Crippen LogP contribution in [0.25, 0.3) is 6.08 Å². The second-order valence-corrected chi connectivity index (χ2v) is 7.14. The molecule has 0 fully saturated rings. The van der Waals surface area contributed by atoms with Crippen molar-refractivity contribution in [3.8, 4) is 0 Å². The molecule has 0 N–H and O–H groups in total. The van der Waals surface area contributed by atoms with Crippen molar-refractivity contribution >= 4 is 35.3 Å². The van der Waals surface area contributed by atoms with Crippen molar-refractivity contribution in [2.24, 2.45) is 0 Å². The predicted molar refractivity (Wildman–Crippen MR) is 125 cm³/mol. The molecule has 176 valence electrons. The third kappa shape index (κ3) is 7.03. The molecule has 0 amide bonds. The largest absolute Gasteiger partial charge is 0.453 e. The van der Waals surface area contributed by atoms with Crippen molar-refractivity contribution < 1.29 is 33.6 Å². The number of non-ortho nitro benzene ring substituents is 1. The van der Waals surface area contributed by atoms with Gasteiger partial charge in [-0.3, -0.25) is 19.7 Å². The van der Waals surface area contributed by atoms with Crippen LogP contribution < -0.4 is 0 Å². The second-order valence-electron chi connectivity index (χ2n) is 7.14. The monoisotopic (exact) mass is 473 g/mol. The van der Waals surface area contributed by atoms with Gasteiger partial charge in [-0.05, 0) is 11.6 Å². The second kappa shape index (κ2) is 11.8. The van der Waals surface area contributed by atoms with Crippen LogP contribution >= 0.6 is 0 Å². The van der Waals surface area contributed by atoms with Gasteiger partial charge >= 0.3 is 11.9 Å². The van der Waals surface area contributed by atoms with Gasteiger partial charge < -0.3 is 9.47 Å². The maximum absolute atomic E-state index is 12.7. The number of carbonyl (C=O) groups excluding carboxylic acids is 4. The van der Waals surface area contributed by atoms with E-state index in [0.717, 1.165) is 12.1 Å². The summed E-state index contributed by atoms with van der Waals surface area (Å²) in [5.74, 6) is -3.36. The molecular formula is C26H19NO8. The zero-order chi connectivity index (χ0) is 25.2. The van der Waals surface area contributed by atoms with Crippen molar-refractivity contribution in [2.75, 3.05) is 13.2 Å². The van der Waals surface area contributed by atoms with Crippen LogP contribution in [0.3, 0.4) is 0 Å². The molecule has 3 aromatic carbocycles. The Balaban J connectivity index is 1.79. The summed E-state index contributed by atoms with van der Waals surface area (Å²) in [5.41, 5.74) is -0.140. The predicted octanol–water partition coefficient (Wildman–Crippen LogP) is 3.83. The highest BCUT2D eigenvalue weighted by molar-refractivity contribution is 6.18. The van der Waals surface area contributed by atoms with Gasteiger partial charge in [0.05, 0.1) is 4.92 Å². The quantitative estimate of drug-likeness (QED) is 0.0826. The Bertz CT molecular complexity index is 1210. The Kier molecular flexibility index (Phi) is 8.33. The molecule has 35 heavy (non-hydrogen) atoms. The molecule has 0 atom stereocenters. The first-order valence-electron chi connectivity index (χ1n) is 10.3. The number of nitro groups is 1. The number of carbonyl (C=O) groups is 4. The van der Waals surface area contributed by atoms with E-state index in [1.54, 1.807) is 60.7 Å². The van der Waals surface area contributed by atoms with Crippen molar-refractivity contribution in [1.82, 2.24) is 0 Å². The third-order valence-electron chi connectivity index (χ3n) is 4.69. The number of benzene rings is 3. The molecule has 0 aliphatic carbocycles. The Labute approximate surface area is 199 Å². The van der Waals surface area contributed by atoms with Gasteiger partial charge in [-0.15, -0.1) is 0 Å². The lowest BCUT2D eigenvalue weighted by Gasteiger charge is -2.09. The number of esters is 2. The highest BCUT2D eigenvalue weighted by Crippen LogP contribution is 2.17. The van der Waals surface area contributed by atoms with Gasteiger partial charge in [-0.2, -0.15) is 0 Å². The summed E-state index contributed by atoms with van der Waals surface area (Å²) < 4.78 is 10.0. The van der Waals surface area contributed by atoms with Gasteiger partial charge in [0.15, 0.2) is 24.8 Å². The Morgan fingerprint density at radius 3 is 1.66 bits per heavy atom. The van der Waals surface area contributed by atoms with Gasteiger partial charge in [-0.1, -0.05) is 72.8 Å². The molecule has 0 aliphatic heterocycles. The Morgan fingerprint density at radius 1 is 0.714 bits per heavy atom. The highest BCUT2D eigenvalue weighted by atomic mass is 16.6. The average Bonchev–Trinajstić information content (AvgIpc) is 2.89. The molecule has 0 heterocycles. The fourth-order valence-electron chi connectivity index (χ4n) is 2.93. The standard InChI is InChI=1S/C26H19NO8/c28-23(19-9-3-1-4-10-19)16-34-25(30)22(15-18-8-7-13-21(14-18)27(32)33)26(31)35-17-24(29)20-11-5-2-6-12-20/h1-15H,16-17H2. The first kappa shape index (κ1) is 24.7. The number of Topliss-reactive ketones (excluding diaryl/α,β-unsaturated/α-hetero) is 2. The Morgan fingerprint density at radius 2 is 1.20 bits per heavy atom. The topological polar surface area (TPSA) is 130 Å². The van der Waals surface area contributed by atoms with Crippen LogP contribution in [0.15, 0.2) is 90.5 Å². The fourth-order valence-corrected chi connectivity index (χ4v) is 2.93. The van der Waals surface area contributed by atoms with Gasteiger partial charge in [-0.25, -0.2) is 9.59 Å². The molecule has 9 nitrogen and oxygen atoms in total. The zero-order valence-corrected chi connectivity index (χ0v) is 18.3. The van der Waals surface area contributed by atoms with E-state index in [0.29, 0.717) is 11.1 Å². The van der Waals surface area contributed by atoms with E-state index in [4.69, 9.17) is 9.47 Å². The van der Waals surface area contributed by atoms with Gasteiger partial charge in [0.25, 0.3) is 5.69 Å². The number of nitrogens with zero attached hydrogens (tertiary/aromatic N) is 1. The summed E-state index contributed by atoms with van der Waals surface area (Å²) in [6, 6.07) is 21.4. The number of rotatable bonds is 10. The van der Waals surface area contributed by atoms with Crippen molar-refractivity contribution in [3.63, 3.8) is 0 Å². The van der Waals surface area contributed by atoms with Crippen molar-refractivity contribution in [2.45, 2.75) is 0 Å². The van der Waals surface area contributed by atoms with Crippen LogP contribution in [0.5, 0.6) is 0 Å². The molecule has 0 saturated carbocycles. The number of hydrogen-bond donors (Lipinski definition) is 0. The minimum absolute atomic E-state index is 0.145. The third-order valence-corrected chi connectivity index (χ3v) is 4.69. The molecule has 0 aromatic heterocycles. The zero-order valence-electron chi connectivity index (χ0n) is 18.3. The molecule has 3 rings (SSSR count). The Hall–Kier alpha value is -4.92. The van der Waals surface area contributed by atoms with E-state index >= 15 is 0 Å². The molecule has 0 aliphatic rings. The lowest BCUT2D eigenvalue weighted by atomic mass is 10.1. The van der Waals surface area contributed by atoms with E-state index in [9.17, 15) is 29.3 Å². The van der Waals surface area contributed by atoms with Crippen LogP contribution in [0, 0.1) is 10.1 Å². The van der Waals surface area contributed by atoms with Crippen LogP contribution in [0.4, 0.5) is 5.69 Å². The summed E-state index contributed by atoms with van der Waals surface area (Å²) in [4.78, 5) is 60.3. The number of ether oxygens (including phenoxy) is 2. The minimum atomic E-state index is -1.18. The van der Waals surface area contributed by atoms with E-state index in [2.05, 4.69) is 0 Å². The highest BCUT2D eigenvalue weighted by Gasteiger charge is 2.24. The van der Waals surface area contributed by atoms with Crippen molar-refractivity contribution in [1.29, 1.82) is 0 Å². The van der Waals surface area contributed by atoms with E-state index < -0.39 is 47.2 Å². The van der Waals surface area contributed by atoms with E-state index in [-0.39, 0.29) is 11.3 Å². The van der Waals surface area contributed by atoms with Crippen LogP contribution in [-0.2, 0) is 19.1 Å². The van der Waals surface area contributed by atoms with Crippen molar-refractivity contribution in [3.05, 3.63) is 117 Å². The maximum atomic E-state index is 12.7. The molecule has 9 heteroatoms. The molecule has 0 spiro atoms. The first-order valence-corrected chi connectivity index (χ1v) is 10.3. The molecular weight excluding hydrogens is 454 g/mol. The molecule has 0 unspecified atom stereocenters. The normalized spacial score (nSPS) is 10.1. The summed E-state index contributed by atoms with van der Waals surface area (Å²) in [6.07, 6.45) is 1.04. The van der Waals surface area contributed by atoms with E-state index in [1.807, 2.05) is 0 Å².